The van der Waals surface area contributed by atoms with Crippen LogP contribution in [0.5, 0.6) is 5.75 Å². The van der Waals surface area contributed by atoms with Gasteiger partial charge in [-0.15, -0.1) is 0 Å². The fourth-order valence-corrected chi connectivity index (χ4v) is 5.26. The van der Waals surface area contributed by atoms with Gasteiger partial charge in [-0.1, -0.05) is 71.7 Å². The summed E-state index contributed by atoms with van der Waals surface area (Å²) in [5, 5.41) is 13.0. The number of amides is 1. The van der Waals surface area contributed by atoms with E-state index in [4.69, 9.17) is 37.7 Å². The number of aromatic carboxylic acids is 1. The van der Waals surface area contributed by atoms with E-state index >= 15 is 0 Å². The summed E-state index contributed by atoms with van der Waals surface area (Å²) in [6.45, 7) is 4.04. The van der Waals surface area contributed by atoms with Crippen molar-refractivity contribution in [2.24, 2.45) is 0 Å². The van der Waals surface area contributed by atoms with Crippen LogP contribution in [0, 0.1) is 0 Å². The molecule has 0 aliphatic heterocycles. The number of anilines is 1. The second-order valence-electron chi connectivity index (χ2n) is 10.7. The van der Waals surface area contributed by atoms with Gasteiger partial charge in [0.15, 0.2) is 0 Å². The molecule has 0 fully saturated rings. The van der Waals surface area contributed by atoms with E-state index < -0.39 is 12.1 Å². The second-order valence-corrected chi connectivity index (χ2v) is 11.5. The molecular weight excluding hydrogens is 625 g/mol. The van der Waals surface area contributed by atoms with E-state index in [1.54, 1.807) is 63.4 Å². The maximum Gasteiger partial charge on any atom is 0.411 e. The Labute approximate surface area is 276 Å². The van der Waals surface area contributed by atoms with E-state index in [-0.39, 0.29) is 11.7 Å². The van der Waals surface area contributed by atoms with Gasteiger partial charge in [0.2, 0.25) is 0 Å². The predicted molar refractivity (Wildman–Crippen MR) is 183 cm³/mol. The second kappa shape index (κ2) is 14.4. The number of benzene rings is 4. The fourth-order valence-electron chi connectivity index (χ4n) is 4.75. The molecule has 0 bridgehead atoms. The van der Waals surface area contributed by atoms with Crippen molar-refractivity contribution >= 4 is 53.1 Å². The summed E-state index contributed by atoms with van der Waals surface area (Å²) in [4.78, 5) is 28.2. The molecule has 234 valence electrons. The maximum absolute atomic E-state index is 12.1. The SMILES string of the molecule is COc1cc(-c2ccc(/C=C/c3nc(-c4ccc(Cl)cc4Cl)cn3Cc3ccc(C(=O)O)cc3)cc2)ccc1NC(=O)OC(C)C. The Balaban J connectivity index is 1.39. The van der Waals surface area contributed by atoms with Gasteiger partial charge in [0.05, 0.1) is 35.2 Å². The molecule has 0 aliphatic carbocycles. The zero-order chi connectivity index (χ0) is 32.8. The highest BCUT2D eigenvalue weighted by molar-refractivity contribution is 6.36. The topological polar surface area (TPSA) is 103 Å². The fraction of sp³-hybridized carbons (Fsp3) is 0.139. The van der Waals surface area contributed by atoms with Gasteiger partial charge in [0.25, 0.3) is 0 Å². The van der Waals surface area contributed by atoms with Gasteiger partial charge in [-0.3, -0.25) is 5.32 Å². The molecule has 0 spiro atoms. The third-order valence-corrected chi connectivity index (χ3v) is 7.57. The lowest BCUT2D eigenvalue weighted by atomic mass is 10.0. The summed E-state index contributed by atoms with van der Waals surface area (Å²) in [5.74, 6) is 0.236. The van der Waals surface area contributed by atoms with Crippen LogP contribution in [0.15, 0.2) is 91.1 Å². The van der Waals surface area contributed by atoms with E-state index in [1.807, 2.05) is 65.4 Å². The number of carbonyl (C=O) groups excluding carboxylic acids is 1. The van der Waals surface area contributed by atoms with Gasteiger partial charge < -0.3 is 19.1 Å². The molecule has 2 N–H and O–H groups in total. The lowest BCUT2D eigenvalue weighted by Gasteiger charge is -2.13. The molecule has 0 atom stereocenters. The molecule has 1 amide bonds. The summed E-state index contributed by atoms with van der Waals surface area (Å²) >= 11 is 12.6. The summed E-state index contributed by atoms with van der Waals surface area (Å²) in [6.07, 6.45) is 5.03. The van der Waals surface area contributed by atoms with Gasteiger partial charge in [-0.05, 0) is 84.6 Å². The number of nitrogens with one attached hydrogen (secondary N) is 1. The number of hydrogen-bond donors (Lipinski definition) is 2. The highest BCUT2D eigenvalue weighted by Gasteiger charge is 2.14. The molecule has 0 saturated carbocycles. The number of nitrogens with zero attached hydrogens (tertiary/aromatic N) is 2. The molecule has 1 heterocycles. The van der Waals surface area contributed by atoms with Gasteiger partial charge in [-0.2, -0.15) is 0 Å². The molecular formula is C36H31Cl2N3O5. The van der Waals surface area contributed by atoms with E-state index in [0.29, 0.717) is 39.5 Å². The highest BCUT2D eigenvalue weighted by Crippen LogP contribution is 2.32. The first-order valence-corrected chi connectivity index (χ1v) is 15.1. The molecule has 1 aromatic heterocycles. The van der Waals surface area contributed by atoms with Gasteiger partial charge in [0, 0.05) is 23.3 Å². The van der Waals surface area contributed by atoms with Crippen LogP contribution < -0.4 is 10.1 Å². The van der Waals surface area contributed by atoms with Crippen molar-refractivity contribution < 1.29 is 24.2 Å². The molecule has 5 aromatic rings. The standard InChI is InChI=1S/C36H31Cl2N3O5/c1-22(2)46-36(44)40-31-16-13-27(18-33(31)45-3)25-9-4-23(5-10-25)8-17-34-39-32(29-15-14-28(37)19-30(29)38)21-41(34)20-24-6-11-26(12-7-24)35(42)43/h4-19,21-22H,20H2,1-3H3,(H,40,44)(H,42,43)/b17-8+. The van der Waals surface area contributed by atoms with Crippen LogP contribution in [0.4, 0.5) is 10.5 Å². The first-order valence-electron chi connectivity index (χ1n) is 14.4. The van der Waals surface area contributed by atoms with Crippen molar-refractivity contribution in [3.05, 3.63) is 124 Å². The molecule has 46 heavy (non-hydrogen) atoms. The summed E-state index contributed by atoms with van der Waals surface area (Å²) < 4.78 is 12.7. The zero-order valence-electron chi connectivity index (χ0n) is 25.3. The first kappa shape index (κ1) is 32.3. The molecule has 0 saturated heterocycles. The number of methoxy groups -OCH3 is 1. The molecule has 0 aliphatic rings. The van der Waals surface area contributed by atoms with Crippen LogP contribution in [0.25, 0.3) is 34.5 Å². The van der Waals surface area contributed by atoms with Crippen LogP contribution >= 0.6 is 23.2 Å². The number of carbonyl (C=O) groups is 2. The van der Waals surface area contributed by atoms with Crippen molar-refractivity contribution in [3.8, 4) is 28.1 Å². The Bertz CT molecular complexity index is 1900. The first-order chi connectivity index (χ1) is 22.1. The smallest absolute Gasteiger partial charge is 0.411 e. The lowest BCUT2D eigenvalue weighted by molar-refractivity contribution is 0.0696. The average Bonchev–Trinajstić information content (AvgIpc) is 3.42. The number of carboxylic acid groups (broad SMARTS) is 1. The number of aromatic nitrogens is 2. The zero-order valence-corrected chi connectivity index (χ0v) is 26.8. The molecule has 0 radical (unpaired) electrons. The van der Waals surface area contributed by atoms with Crippen LogP contribution in [0.3, 0.4) is 0 Å². The van der Waals surface area contributed by atoms with E-state index in [1.165, 1.54) is 0 Å². The number of halogens is 2. The van der Waals surface area contributed by atoms with Crippen LogP contribution in [-0.2, 0) is 11.3 Å². The van der Waals surface area contributed by atoms with Crippen molar-refractivity contribution in [2.45, 2.75) is 26.5 Å². The normalized spacial score (nSPS) is 11.2. The largest absolute Gasteiger partial charge is 0.495 e. The Morgan fingerprint density at radius 3 is 2.30 bits per heavy atom. The quantitative estimate of drug-likeness (QED) is 0.155. The van der Waals surface area contributed by atoms with Crippen molar-refractivity contribution in [1.29, 1.82) is 0 Å². The van der Waals surface area contributed by atoms with Crippen molar-refractivity contribution in [3.63, 3.8) is 0 Å². The Kier molecular flexibility index (Phi) is 10.1. The van der Waals surface area contributed by atoms with E-state index in [2.05, 4.69) is 5.32 Å². The number of imidazole rings is 1. The van der Waals surface area contributed by atoms with Gasteiger partial charge >= 0.3 is 12.1 Å². The molecule has 5 rings (SSSR count). The monoisotopic (exact) mass is 655 g/mol. The number of rotatable bonds is 10. The minimum absolute atomic E-state index is 0.226. The Morgan fingerprint density at radius 1 is 0.935 bits per heavy atom. The van der Waals surface area contributed by atoms with E-state index in [9.17, 15) is 14.7 Å². The Hall–Kier alpha value is -5.05. The van der Waals surface area contributed by atoms with Crippen molar-refractivity contribution in [2.75, 3.05) is 12.4 Å². The minimum atomic E-state index is -0.972. The van der Waals surface area contributed by atoms with Crippen LogP contribution in [-0.4, -0.2) is 39.9 Å². The molecule has 10 heteroatoms. The summed E-state index contributed by atoms with van der Waals surface area (Å²) in [5.41, 5.74) is 5.94. The number of hydrogen-bond acceptors (Lipinski definition) is 5. The Morgan fingerprint density at radius 2 is 1.65 bits per heavy atom. The number of carboxylic acids is 1. The predicted octanol–water partition coefficient (Wildman–Crippen LogP) is 9.41. The average molecular weight is 657 g/mol. The van der Waals surface area contributed by atoms with E-state index in [0.717, 1.165) is 27.8 Å². The molecule has 8 nitrogen and oxygen atoms in total. The number of ether oxygens (including phenoxy) is 2. The third kappa shape index (κ3) is 7.96. The molecule has 4 aromatic carbocycles. The lowest BCUT2D eigenvalue weighted by Crippen LogP contribution is -2.18. The van der Waals surface area contributed by atoms with Crippen molar-refractivity contribution in [1.82, 2.24) is 9.55 Å². The van der Waals surface area contributed by atoms with Crippen LogP contribution in [0.2, 0.25) is 10.0 Å². The highest BCUT2D eigenvalue weighted by atomic mass is 35.5. The summed E-state index contributed by atoms with van der Waals surface area (Å²) in [7, 11) is 1.55. The molecule has 0 unspecified atom stereocenters. The third-order valence-electron chi connectivity index (χ3n) is 7.02. The maximum atomic E-state index is 12.1. The van der Waals surface area contributed by atoms with Crippen LogP contribution in [0.1, 0.15) is 41.2 Å². The summed E-state index contributed by atoms with van der Waals surface area (Å²) in [6, 6.07) is 25.6. The van der Waals surface area contributed by atoms with Gasteiger partial charge in [0.1, 0.15) is 11.6 Å². The van der Waals surface area contributed by atoms with Gasteiger partial charge in [-0.25, -0.2) is 14.6 Å². The minimum Gasteiger partial charge on any atom is -0.495 e.